The second-order valence-electron chi connectivity index (χ2n) is 13.5. The lowest BCUT2D eigenvalue weighted by Crippen LogP contribution is -2.30. The molecule has 1 unspecified atom stereocenters. The van der Waals surface area contributed by atoms with Crippen molar-refractivity contribution < 1.29 is 28.6 Å². The van der Waals surface area contributed by atoms with E-state index >= 15 is 0 Å². The number of carbonyl (C=O) groups is 3. The van der Waals surface area contributed by atoms with Gasteiger partial charge in [0.05, 0.1) is 0 Å². The van der Waals surface area contributed by atoms with Gasteiger partial charge in [0, 0.05) is 19.3 Å². The maximum atomic E-state index is 12.4. The third-order valence-corrected chi connectivity index (χ3v) is 8.90. The minimum Gasteiger partial charge on any atom is -0.462 e. The first kappa shape index (κ1) is 43.4. The molecule has 0 N–H and O–H groups in total. The van der Waals surface area contributed by atoms with Crippen molar-refractivity contribution in [1.82, 2.24) is 0 Å². The van der Waals surface area contributed by atoms with Crippen LogP contribution in [0.2, 0.25) is 0 Å². The number of hydrogen-bond donors (Lipinski definition) is 0. The molecule has 0 aromatic carbocycles. The second kappa shape index (κ2) is 33.8. The van der Waals surface area contributed by atoms with Crippen LogP contribution >= 0.6 is 0 Å². The molecule has 6 nitrogen and oxygen atoms in total. The maximum Gasteiger partial charge on any atom is 0.306 e. The van der Waals surface area contributed by atoms with E-state index in [1.165, 1.54) is 96.3 Å². The molecule has 0 spiro atoms. The highest BCUT2D eigenvalue weighted by atomic mass is 16.6. The van der Waals surface area contributed by atoms with Crippen LogP contribution in [-0.4, -0.2) is 37.2 Å². The molecule has 2 atom stereocenters. The Morgan fingerprint density at radius 2 is 0.778 bits per heavy atom. The molecule has 266 valence electrons. The first-order chi connectivity index (χ1) is 21.9. The lowest BCUT2D eigenvalue weighted by molar-refractivity contribution is -0.167. The lowest BCUT2D eigenvalue weighted by atomic mass is 10.00. The van der Waals surface area contributed by atoms with E-state index in [2.05, 4.69) is 27.7 Å². The molecule has 0 bridgehead atoms. The molecule has 0 aliphatic carbocycles. The van der Waals surface area contributed by atoms with Crippen LogP contribution in [-0.2, 0) is 28.6 Å². The Kier molecular flexibility index (Phi) is 32.6. The van der Waals surface area contributed by atoms with E-state index in [-0.39, 0.29) is 31.1 Å². The first-order valence-electron chi connectivity index (χ1n) is 19.4. The monoisotopic (exact) mass is 639 g/mol. The molecule has 0 aromatic rings. The molecule has 0 heterocycles. The Labute approximate surface area is 278 Å². The summed E-state index contributed by atoms with van der Waals surface area (Å²) in [6.45, 7) is 8.85. The Balaban J connectivity index is 4.24. The standard InChI is InChI=1S/C39H74O6/c1-5-8-10-12-13-14-15-16-17-18-23-26-30-37(40)43-33-36(45-39(42)32-28-21-11-9-6-2)34-44-38(41)31-27-24-20-19-22-25-29-35(4)7-3/h35-36H,5-34H2,1-4H3/t35?,36-/m0/s1. The molecule has 0 aliphatic heterocycles. The zero-order chi connectivity index (χ0) is 33.2. The molecule has 0 radical (unpaired) electrons. The predicted octanol–water partition coefficient (Wildman–Crippen LogP) is 11.6. The van der Waals surface area contributed by atoms with Crippen LogP contribution in [0.15, 0.2) is 0 Å². The van der Waals surface area contributed by atoms with Crippen molar-refractivity contribution >= 4 is 17.9 Å². The van der Waals surface area contributed by atoms with Crippen molar-refractivity contribution in [2.45, 2.75) is 214 Å². The van der Waals surface area contributed by atoms with E-state index in [9.17, 15) is 14.4 Å². The van der Waals surface area contributed by atoms with Crippen molar-refractivity contribution in [3.63, 3.8) is 0 Å². The highest BCUT2D eigenvalue weighted by molar-refractivity contribution is 5.71. The van der Waals surface area contributed by atoms with Crippen molar-refractivity contribution in [2.75, 3.05) is 13.2 Å². The fourth-order valence-corrected chi connectivity index (χ4v) is 5.53. The van der Waals surface area contributed by atoms with Crippen molar-refractivity contribution in [3.8, 4) is 0 Å². The average molecular weight is 639 g/mol. The third kappa shape index (κ3) is 32.2. The molecule has 0 aromatic heterocycles. The van der Waals surface area contributed by atoms with Crippen molar-refractivity contribution in [3.05, 3.63) is 0 Å². The number of hydrogen-bond acceptors (Lipinski definition) is 6. The Morgan fingerprint density at radius 1 is 0.444 bits per heavy atom. The summed E-state index contributed by atoms with van der Waals surface area (Å²) in [7, 11) is 0. The number of rotatable bonds is 34. The highest BCUT2D eigenvalue weighted by Crippen LogP contribution is 2.16. The highest BCUT2D eigenvalue weighted by Gasteiger charge is 2.19. The summed E-state index contributed by atoms with van der Waals surface area (Å²) >= 11 is 0. The minimum atomic E-state index is -0.756. The van der Waals surface area contributed by atoms with E-state index in [0.717, 1.165) is 70.1 Å². The number of unbranched alkanes of at least 4 members (excludes halogenated alkanes) is 20. The van der Waals surface area contributed by atoms with Gasteiger partial charge in [0.1, 0.15) is 13.2 Å². The van der Waals surface area contributed by atoms with Crippen LogP contribution in [0, 0.1) is 5.92 Å². The van der Waals surface area contributed by atoms with E-state index in [1.54, 1.807) is 0 Å². The van der Waals surface area contributed by atoms with Gasteiger partial charge in [-0.25, -0.2) is 0 Å². The van der Waals surface area contributed by atoms with Crippen LogP contribution in [0.3, 0.4) is 0 Å². The van der Waals surface area contributed by atoms with E-state index < -0.39 is 6.10 Å². The van der Waals surface area contributed by atoms with E-state index in [4.69, 9.17) is 14.2 Å². The fraction of sp³-hybridized carbons (Fsp3) is 0.923. The number of carbonyl (C=O) groups excluding carboxylic acids is 3. The van der Waals surface area contributed by atoms with E-state index in [1.807, 2.05) is 0 Å². The van der Waals surface area contributed by atoms with Gasteiger partial charge in [-0.05, 0) is 25.2 Å². The van der Waals surface area contributed by atoms with Gasteiger partial charge in [-0.15, -0.1) is 0 Å². The van der Waals surface area contributed by atoms with Gasteiger partial charge in [0.25, 0.3) is 0 Å². The van der Waals surface area contributed by atoms with Crippen LogP contribution < -0.4 is 0 Å². The Morgan fingerprint density at radius 3 is 1.16 bits per heavy atom. The number of ether oxygens (including phenoxy) is 3. The zero-order valence-corrected chi connectivity index (χ0v) is 30.3. The summed E-state index contributed by atoms with van der Waals surface area (Å²) in [6.07, 6.45) is 29.7. The quantitative estimate of drug-likeness (QED) is 0.0396. The molecule has 0 rings (SSSR count). The molecule has 0 aliphatic rings. The Hall–Kier alpha value is -1.59. The lowest BCUT2D eigenvalue weighted by Gasteiger charge is -2.18. The molecule has 45 heavy (non-hydrogen) atoms. The van der Waals surface area contributed by atoms with Gasteiger partial charge in [-0.2, -0.15) is 0 Å². The number of esters is 3. The van der Waals surface area contributed by atoms with Crippen LogP contribution in [0.25, 0.3) is 0 Å². The molecular formula is C39H74O6. The van der Waals surface area contributed by atoms with Gasteiger partial charge >= 0.3 is 17.9 Å². The van der Waals surface area contributed by atoms with Gasteiger partial charge in [-0.3, -0.25) is 14.4 Å². The first-order valence-corrected chi connectivity index (χ1v) is 19.4. The third-order valence-electron chi connectivity index (χ3n) is 8.90. The fourth-order valence-electron chi connectivity index (χ4n) is 5.53. The van der Waals surface area contributed by atoms with Gasteiger partial charge < -0.3 is 14.2 Å². The van der Waals surface area contributed by atoms with Crippen molar-refractivity contribution in [2.24, 2.45) is 5.92 Å². The molecular weight excluding hydrogens is 564 g/mol. The van der Waals surface area contributed by atoms with Gasteiger partial charge in [-0.1, -0.05) is 169 Å². The molecule has 0 saturated carbocycles. The van der Waals surface area contributed by atoms with Crippen molar-refractivity contribution in [1.29, 1.82) is 0 Å². The van der Waals surface area contributed by atoms with Crippen LogP contribution in [0.4, 0.5) is 0 Å². The zero-order valence-electron chi connectivity index (χ0n) is 30.3. The van der Waals surface area contributed by atoms with E-state index in [0.29, 0.717) is 19.3 Å². The van der Waals surface area contributed by atoms with Gasteiger partial charge in [0.2, 0.25) is 0 Å². The summed E-state index contributed by atoms with van der Waals surface area (Å²) in [4.78, 5) is 37.2. The topological polar surface area (TPSA) is 78.9 Å². The predicted molar refractivity (Wildman–Crippen MR) is 187 cm³/mol. The average Bonchev–Trinajstić information content (AvgIpc) is 3.03. The summed E-state index contributed by atoms with van der Waals surface area (Å²) in [6, 6.07) is 0. The minimum absolute atomic E-state index is 0.0669. The smallest absolute Gasteiger partial charge is 0.306 e. The van der Waals surface area contributed by atoms with Gasteiger partial charge in [0.15, 0.2) is 6.10 Å². The van der Waals surface area contributed by atoms with Crippen LogP contribution in [0.1, 0.15) is 207 Å². The maximum absolute atomic E-state index is 12.4. The van der Waals surface area contributed by atoms with Crippen LogP contribution in [0.5, 0.6) is 0 Å². The Bertz CT molecular complexity index is 678. The second-order valence-corrected chi connectivity index (χ2v) is 13.5. The normalized spacial score (nSPS) is 12.5. The summed E-state index contributed by atoms with van der Waals surface area (Å²) in [5.74, 6) is -0.0670. The molecule has 6 heteroatoms. The molecule has 0 fully saturated rings. The largest absolute Gasteiger partial charge is 0.462 e. The molecule has 0 amide bonds. The summed E-state index contributed by atoms with van der Waals surface area (Å²) in [5.41, 5.74) is 0. The molecule has 0 saturated heterocycles. The summed E-state index contributed by atoms with van der Waals surface area (Å²) in [5, 5.41) is 0. The summed E-state index contributed by atoms with van der Waals surface area (Å²) < 4.78 is 16.5. The SMILES string of the molecule is CCCCCCCCCCCCCCC(=O)OC[C@@H](COC(=O)CCCCCCCCC(C)CC)OC(=O)CCCCCCC.